The van der Waals surface area contributed by atoms with Gasteiger partial charge in [-0.3, -0.25) is 0 Å². The van der Waals surface area contributed by atoms with E-state index in [1.807, 2.05) is 12.3 Å². The molecule has 3 N–H and O–H groups in total. The standard InChI is InChI=1S/C7H5NS.H3N/c1-2-6-3-5-9-7(6)8-4-1;/h1-5H;1H3. The second-order valence-corrected chi connectivity index (χ2v) is 2.71. The molecule has 0 bridgehead atoms. The number of rotatable bonds is 0. The Morgan fingerprint density at radius 2 is 2.20 bits per heavy atom. The van der Waals surface area contributed by atoms with Crippen molar-refractivity contribution in [3.05, 3.63) is 29.8 Å². The Kier molecular flexibility index (Phi) is 1.99. The highest BCUT2D eigenvalue weighted by Gasteiger charge is 1.89. The van der Waals surface area contributed by atoms with Crippen LogP contribution in [0, 0.1) is 0 Å². The van der Waals surface area contributed by atoms with Crippen LogP contribution in [-0.4, -0.2) is 4.98 Å². The second-order valence-electron chi connectivity index (χ2n) is 1.82. The highest BCUT2D eigenvalue weighted by Crippen LogP contribution is 2.15. The van der Waals surface area contributed by atoms with E-state index in [1.165, 1.54) is 5.39 Å². The van der Waals surface area contributed by atoms with Crippen LogP contribution >= 0.6 is 11.3 Å². The first-order valence-electron chi connectivity index (χ1n) is 2.75. The summed E-state index contributed by atoms with van der Waals surface area (Å²) in [7, 11) is 0. The molecule has 0 aliphatic carbocycles. The molecule has 10 heavy (non-hydrogen) atoms. The Hall–Kier alpha value is -0.930. The minimum absolute atomic E-state index is 0. The van der Waals surface area contributed by atoms with E-state index in [1.54, 1.807) is 11.3 Å². The maximum Gasteiger partial charge on any atom is 0.123 e. The third-order valence-electron chi connectivity index (χ3n) is 1.23. The summed E-state index contributed by atoms with van der Waals surface area (Å²) >= 11 is 1.68. The van der Waals surface area contributed by atoms with Crippen molar-refractivity contribution in [2.24, 2.45) is 0 Å². The molecule has 2 heterocycles. The molecule has 2 aromatic heterocycles. The average molecular weight is 152 g/mol. The van der Waals surface area contributed by atoms with Gasteiger partial charge in [0.15, 0.2) is 0 Å². The summed E-state index contributed by atoms with van der Waals surface area (Å²) in [6, 6.07) is 6.10. The van der Waals surface area contributed by atoms with E-state index in [0.29, 0.717) is 0 Å². The number of thiophene rings is 1. The summed E-state index contributed by atoms with van der Waals surface area (Å²) in [5.74, 6) is 0. The van der Waals surface area contributed by atoms with E-state index >= 15 is 0 Å². The number of aromatic nitrogens is 1. The fourth-order valence-corrected chi connectivity index (χ4v) is 1.54. The van der Waals surface area contributed by atoms with Crippen molar-refractivity contribution in [3.8, 4) is 0 Å². The fraction of sp³-hybridized carbons (Fsp3) is 0. The third kappa shape index (κ3) is 1.01. The van der Waals surface area contributed by atoms with Crippen LogP contribution in [0.25, 0.3) is 10.2 Å². The van der Waals surface area contributed by atoms with Crippen molar-refractivity contribution in [2.75, 3.05) is 0 Å². The maximum atomic E-state index is 4.16. The van der Waals surface area contributed by atoms with E-state index in [0.717, 1.165) is 4.83 Å². The van der Waals surface area contributed by atoms with Gasteiger partial charge in [0.05, 0.1) is 0 Å². The first-order chi connectivity index (χ1) is 4.47. The maximum absolute atomic E-state index is 4.16. The van der Waals surface area contributed by atoms with Gasteiger partial charge in [0.2, 0.25) is 0 Å². The number of pyridine rings is 1. The van der Waals surface area contributed by atoms with E-state index in [-0.39, 0.29) is 6.15 Å². The minimum Gasteiger partial charge on any atom is -0.344 e. The molecular weight excluding hydrogens is 144 g/mol. The largest absolute Gasteiger partial charge is 0.344 e. The lowest BCUT2D eigenvalue weighted by Gasteiger charge is -1.81. The highest BCUT2D eigenvalue weighted by atomic mass is 32.1. The first kappa shape index (κ1) is 7.18. The molecule has 0 radical (unpaired) electrons. The van der Waals surface area contributed by atoms with Crippen molar-refractivity contribution in [3.63, 3.8) is 0 Å². The smallest absolute Gasteiger partial charge is 0.123 e. The normalized spacial score (nSPS) is 9.20. The fourth-order valence-electron chi connectivity index (χ4n) is 0.800. The highest BCUT2D eigenvalue weighted by molar-refractivity contribution is 7.16. The molecule has 0 spiro atoms. The molecule has 2 aromatic rings. The summed E-state index contributed by atoms with van der Waals surface area (Å²) < 4.78 is 0. The Labute approximate surface area is 63.1 Å². The van der Waals surface area contributed by atoms with Gasteiger partial charge < -0.3 is 6.15 Å². The topological polar surface area (TPSA) is 47.9 Å². The number of fused-ring (bicyclic) bond motifs is 1. The predicted molar refractivity (Wildman–Crippen MR) is 44.6 cm³/mol. The lowest BCUT2D eigenvalue weighted by Crippen LogP contribution is -1.65. The van der Waals surface area contributed by atoms with Crippen LogP contribution in [0.15, 0.2) is 29.8 Å². The SMILES string of the molecule is N.c1cnc2sccc2c1. The summed E-state index contributed by atoms with van der Waals surface area (Å²) in [4.78, 5) is 5.28. The van der Waals surface area contributed by atoms with Gasteiger partial charge in [-0.15, -0.1) is 11.3 Å². The summed E-state index contributed by atoms with van der Waals surface area (Å²) in [5, 5.41) is 3.29. The van der Waals surface area contributed by atoms with Gasteiger partial charge in [-0.25, -0.2) is 4.98 Å². The van der Waals surface area contributed by atoms with Gasteiger partial charge >= 0.3 is 0 Å². The Bertz CT molecular complexity index is 286. The molecule has 0 saturated heterocycles. The van der Waals surface area contributed by atoms with E-state index in [2.05, 4.69) is 22.5 Å². The molecule has 0 aliphatic heterocycles. The van der Waals surface area contributed by atoms with E-state index < -0.39 is 0 Å². The van der Waals surface area contributed by atoms with Crippen LogP contribution in [0.3, 0.4) is 0 Å². The zero-order chi connectivity index (χ0) is 6.10. The zero-order valence-corrected chi connectivity index (χ0v) is 6.27. The number of hydrogen-bond acceptors (Lipinski definition) is 3. The molecule has 0 atom stereocenters. The molecule has 0 saturated carbocycles. The van der Waals surface area contributed by atoms with Crippen LogP contribution in [0.2, 0.25) is 0 Å². The Balaban J connectivity index is 0.000000500. The lowest BCUT2D eigenvalue weighted by molar-refractivity contribution is 1.45. The molecule has 0 aliphatic rings. The average Bonchev–Trinajstić information content (AvgIpc) is 2.33. The van der Waals surface area contributed by atoms with E-state index in [9.17, 15) is 0 Å². The van der Waals surface area contributed by atoms with Gasteiger partial charge in [0, 0.05) is 11.6 Å². The lowest BCUT2D eigenvalue weighted by atomic mass is 10.4. The minimum atomic E-state index is 0. The number of nitrogens with zero attached hydrogens (tertiary/aromatic N) is 1. The van der Waals surface area contributed by atoms with Gasteiger partial charge in [-0.2, -0.15) is 0 Å². The summed E-state index contributed by atoms with van der Waals surface area (Å²) in [6.45, 7) is 0. The Morgan fingerprint density at radius 3 is 3.00 bits per heavy atom. The third-order valence-corrected chi connectivity index (χ3v) is 2.06. The van der Waals surface area contributed by atoms with Gasteiger partial charge in [0.25, 0.3) is 0 Å². The monoisotopic (exact) mass is 152 g/mol. The quantitative estimate of drug-likeness (QED) is 0.630. The molecule has 2 rings (SSSR count). The van der Waals surface area contributed by atoms with Crippen molar-refractivity contribution in [2.45, 2.75) is 0 Å². The van der Waals surface area contributed by atoms with Crippen molar-refractivity contribution < 1.29 is 0 Å². The summed E-state index contributed by atoms with van der Waals surface area (Å²) in [5.41, 5.74) is 0. The van der Waals surface area contributed by atoms with Crippen LogP contribution in [-0.2, 0) is 0 Å². The Morgan fingerprint density at radius 1 is 1.30 bits per heavy atom. The first-order valence-corrected chi connectivity index (χ1v) is 3.63. The zero-order valence-electron chi connectivity index (χ0n) is 5.45. The van der Waals surface area contributed by atoms with Crippen molar-refractivity contribution in [1.29, 1.82) is 0 Å². The van der Waals surface area contributed by atoms with Gasteiger partial charge in [-0.1, -0.05) is 6.07 Å². The second kappa shape index (κ2) is 2.77. The predicted octanol–water partition coefficient (Wildman–Crippen LogP) is 2.46. The van der Waals surface area contributed by atoms with E-state index in [4.69, 9.17) is 0 Å². The van der Waals surface area contributed by atoms with Crippen LogP contribution in [0.4, 0.5) is 0 Å². The van der Waals surface area contributed by atoms with Crippen molar-refractivity contribution in [1.82, 2.24) is 11.1 Å². The van der Waals surface area contributed by atoms with Crippen LogP contribution in [0.5, 0.6) is 0 Å². The molecule has 0 aromatic carbocycles. The van der Waals surface area contributed by atoms with Gasteiger partial charge in [0.1, 0.15) is 4.83 Å². The summed E-state index contributed by atoms with van der Waals surface area (Å²) in [6.07, 6.45) is 1.82. The van der Waals surface area contributed by atoms with Crippen LogP contribution in [0.1, 0.15) is 0 Å². The van der Waals surface area contributed by atoms with Gasteiger partial charge in [-0.05, 0) is 17.5 Å². The molecule has 52 valence electrons. The van der Waals surface area contributed by atoms with Crippen LogP contribution < -0.4 is 6.15 Å². The molecule has 0 unspecified atom stereocenters. The molecule has 0 amide bonds. The van der Waals surface area contributed by atoms with Crippen molar-refractivity contribution >= 4 is 21.6 Å². The molecular formula is C7H8N2S. The molecule has 3 heteroatoms. The molecule has 2 nitrogen and oxygen atoms in total. The number of hydrogen-bond donors (Lipinski definition) is 1. The molecule has 0 fully saturated rings.